The highest BCUT2D eigenvalue weighted by molar-refractivity contribution is 6.05. The Morgan fingerprint density at radius 3 is 2.14 bits per heavy atom. The molecule has 0 unspecified atom stereocenters. The number of hydrogen-bond donors (Lipinski definition) is 1. The standard InChI is InChI=1S/C23H26N2O4/c26-22(18-8-11-20-21(16-18)29-15-5-14-28-20)24-19-9-6-17(7-10-19)23(27)25-12-3-1-2-4-13-25/h6-11,16H,1-5,12-15H2,(H,24,26). The van der Waals surface area contributed by atoms with Crippen molar-refractivity contribution in [3.05, 3.63) is 53.6 Å². The molecule has 152 valence electrons. The number of rotatable bonds is 3. The average molecular weight is 394 g/mol. The largest absolute Gasteiger partial charge is 0.490 e. The first-order valence-electron chi connectivity index (χ1n) is 10.3. The molecule has 29 heavy (non-hydrogen) atoms. The number of nitrogens with one attached hydrogen (secondary N) is 1. The van der Waals surface area contributed by atoms with Crippen molar-refractivity contribution in [1.82, 2.24) is 4.90 Å². The predicted molar refractivity (Wildman–Crippen MR) is 111 cm³/mol. The SMILES string of the molecule is O=C(Nc1ccc(C(=O)N2CCCCCC2)cc1)c1ccc2c(c1)OCCCO2. The molecular weight excluding hydrogens is 368 g/mol. The third kappa shape index (κ3) is 4.70. The van der Waals surface area contributed by atoms with Gasteiger partial charge in [0.2, 0.25) is 0 Å². The van der Waals surface area contributed by atoms with Crippen LogP contribution in [0, 0.1) is 0 Å². The van der Waals surface area contributed by atoms with E-state index < -0.39 is 0 Å². The van der Waals surface area contributed by atoms with Gasteiger partial charge in [-0.05, 0) is 55.3 Å². The van der Waals surface area contributed by atoms with Crippen molar-refractivity contribution >= 4 is 17.5 Å². The van der Waals surface area contributed by atoms with E-state index in [0.29, 0.717) is 41.5 Å². The van der Waals surface area contributed by atoms with Crippen molar-refractivity contribution in [2.75, 3.05) is 31.6 Å². The summed E-state index contributed by atoms with van der Waals surface area (Å²) in [4.78, 5) is 27.2. The molecule has 0 aromatic heterocycles. The molecule has 0 bridgehead atoms. The minimum Gasteiger partial charge on any atom is -0.490 e. The molecule has 6 nitrogen and oxygen atoms in total. The first-order valence-corrected chi connectivity index (χ1v) is 10.3. The van der Waals surface area contributed by atoms with Crippen molar-refractivity contribution in [3.63, 3.8) is 0 Å². The topological polar surface area (TPSA) is 67.9 Å². The number of likely N-dealkylation sites (tertiary alicyclic amines) is 1. The molecular formula is C23H26N2O4. The summed E-state index contributed by atoms with van der Waals surface area (Å²) in [6.07, 6.45) is 5.33. The lowest BCUT2D eigenvalue weighted by atomic mass is 10.1. The third-order valence-electron chi connectivity index (χ3n) is 5.29. The van der Waals surface area contributed by atoms with E-state index in [9.17, 15) is 9.59 Å². The van der Waals surface area contributed by atoms with Gasteiger partial charge >= 0.3 is 0 Å². The van der Waals surface area contributed by atoms with Crippen molar-refractivity contribution in [1.29, 1.82) is 0 Å². The van der Waals surface area contributed by atoms with E-state index in [2.05, 4.69) is 5.32 Å². The van der Waals surface area contributed by atoms with Gasteiger partial charge in [0.05, 0.1) is 13.2 Å². The van der Waals surface area contributed by atoms with Gasteiger partial charge < -0.3 is 19.7 Å². The van der Waals surface area contributed by atoms with Gasteiger partial charge in [-0.25, -0.2) is 0 Å². The van der Waals surface area contributed by atoms with Crippen LogP contribution in [0.1, 0.15) is 52.8 Å². The molecule has 2 aliphatic rings. The Morgan fingerprint density at radius 2 is 1.41 bits per heavy atom. The minimum absolute atomic E-state index is 0.0627. The van der Waals surface area contributed by atoms with E-state index in [1.165, 1.54) is 12.8 Å². The smallest absolute Gasteiger partial charge is 0.255 e. The van der Waals surface area contributed by atoms with Crippen molar-refractivity contribution in [3.8, 4) is 11.5 Å². The van der Waals surface area contributed by atoms with E-state index in [-0.39, 0.29) is 11.8 Å². The predicted octanol–water partition coefficient (Wildman–Crippen LogP) is 4.12. The first kappa shape index (κ1) is 19.3. The van der Waals surface area contributed by atoms with E-state index >= 15 is 0 Å². The summed E-state index contributed by atoms with van der Waals surface area (Å²) in [5.74, 6) is 1.09. The Bertz CT molecular complexity index is 871. The van der Waals surface area contributed by atoms with Crippen LogP contribution in [0.2, 0.25) is 0 Å². The highest BCUT2D eigenvalue weighted by Crippen LogP contribution is 2.30. The second-order valence-corrected chi connectivity index (χ2v) is 7.45. The number of benzene rings is 2. The third-order valence-corrected chi connectivity index (χ3v) is 5.29. The molecule has 4 rings (SSSR count). The van der Waals surface area contributed by atoms with Crippen molar-refractivity contribution in [2.24, 2.45) is 0 Å². The summed E-state index contributed by atoms with van der Waals surface area (Å²) in [5, 5.41) is 2.88. The molecule has 1 N–H and O–H groups in total. The molecule has 2 amide bonds. The highest BCUT2D eigenvalue weighted by atomic mass is 16.5. The molecule has 2 aromatic rings. The lowest BCUT2D eigenvalue weighted by Crippen LogP contribution is -2.31. The maximum Gasteiger partial charge on any atom is 0.255 e. The Labute approximate surface area is 170 Å². The average Bonchev–Trinajstić information content (AvgIpc) is 3.16. The maximum absolute atomic E-state index is 12.7. The van der Waals surface area contributed by atoms with Crippen LogP contribution < -0.4 is 14.8 Å². The van der Waals surface area contributed by atoms with Crippen LogP contribution in [0.4, 0.5) is 5.69 Å². The minimum atomic E-state index is -0.229. The summed E-state index contributed by atoms with van der Waals surface area (Å²) >= 11 is 0. The Morgan fingerprint density at radius 1 is 0.759 bits per heavy atom. The second-order valence-electron chi connectivity index (χ2n) is 7.45. The van der Waals surface area contributed by atoms with Crippen molar-refractivity contribution < 1.29 is 19.1 Å². The van der Waals surface area contributed by atoms with Crippen LogP contribution in [0.5, 0.6) is 11.5 Å². The summed E-state index contributed by atoms with van der Waals surface area (Å²) in [6, 6.07) is 12.3. The second kappa shape index (κ2) is 8.99. The Balaban J connectivity index is 1.41. The quantitative estimate of drug-likeness (QED) is 0.850. The van der Waals surface area contributed by atoms with Gasteiger partial charge in [-0.15, -0.1) is 0 Å². The monoisotopic (exact) mass is 394 g/mol. The summed E-state index contributed by atoms with van der Waals surface area (Å²) in [7, 11) is 0. The zero-order valence-electron chi connectivity index (χ0n) is 16.5. The van der Waals surface area contributed by atoms with Gasteiger partial charge in [0, 0.05) is 36.3 Å². The van der Waals surface area contributed by atoms with Crippen LogP contribution in [0.15, 0.2) is 42.5 Å². The molecule has 1 fully saturated rings. The number of fused-ring (bicyclic) bond motifs is 1. The van der Waals surface area contributed by atoms with Gasteiger partial charge in [0.25, 0.3) is 11.8 Å². The highest BCUT2D eigenvalue weighted by Gasteiger charge is 2.18. The number of amides is 2. The number of hydrogen-bond acceptors (Lipinski definition) is 4. The molecule has 2 aromatic carbocycles. The summed E-state index contributed by atoms with van der Waals surface area (Å²) < 4.78 is 11.3. The van der Waals surface area contributed by atoms with Crippen LogP contribution >= 0.6 is 0 Å². The van der Waals surface area contributed by atoms with Crippen LogP contribution in [-0.4, -0.2) is 43.0 Å². The molecule has 1 saturated heterocycles. The van der Waals surface area contributed by atoms with Gasteiger partial charge in [0.15, 0.2) is 11.5 Å². The first-order chi connectivity index (χ1) is 14.2. The molecule has 6 heteroatoms. The van der Waals surface area contributed by atoms with Gasteiger partial charge in [0.1, 0.15) is 0 Å². The number of anilines is 1. The normalized spacial score (nSPS) is 16.5. The van der Waals surface area contributed by atoms with E-state index in [1.807, 2.05) is 4.90 Å². The molecule has 0 aliphatic carbocycles. The number of nitrogens with zero attached hydrogens (tertiary/aromatic N) is 1. The molecule has 0 radical (unpaired) electrons. The Hall–Kier alpha value is -3.02. The molecule has 2 aliphatic heterocycles. The van der Waals surface area contributed by atoms with E-state index in [1.54, 1.807) is 42.5 Å². The lowest BCUT2D eigenvalue weighted by Gasteiger charge is -2.20. The zero-order valence-corrected chi connectivity index (χ0v) is 16.5. The van der Waals surface area contributed by atoms with Crippen molar-refractivity contribution in [2.45, 2.75) is 32.1 Å². The zero-order chi connectivity index (χ0) is 20.1. The van der Waals surface area contributed by atoms with Gasteiger partial charge in [-0.3, -0.25) is 9.59 Å². The van der Waals surface area contributed by atoms with E-state index in [4.69, 9.17) is 9.47 Å². The van der Waals surface area contributed by atoms with Gasteiger partial charge in [-0.1, -0.05) is 12.8 Å². The summed E-state index contributed by atoms with van der Waals surface area (Å²) in [6.45, 7) is 2.83. The lowest BCUT2D eigenvalue weighted by molar-refractivity contribution is 0.0761. The number of ether oxygens (including phenoxy) is 2. The fourth-order valence-electron chi connectivity index (χ4n) is 3.66. The fraction of sp³-hybridized carbons (Fsp3) is 0.391. The molecule has 0 atom stereocenters. The number of carbonyl (C=O) groups excluding carboxylic acids is 2. The molecule has 2 heterocycles. The Kier molecular flexibility index (Phi) is 5.98. The van der Waals surface area contributed by atoms with Crippen LogP contribution in [0.25, 0.3) is 0 Å². The molecule has 0 spiro atoms. The molecule has 0 saturated carbocycles. The van der Waals surface area contributed by atoms with Crippen LogP contribution in [-0.2, 0) is 0 Å². The van der Waals surface area contributed by atoms with Gasteiger partial charge in [-0.2, -0.15) is 0 Å². The fourth-order valence-corrected chi connectivity index (χ4v) is 3.66. The summed E-state index contributed by atoms with van der Waals surface area (Å²) in [5.41, 5.74) is 1.80. The maximum atomic E-state index is 12.7. The van der Waals surface area contributed by atoms with Crippen LogP contribution in [0.3, 0.4) is 0 Å². The number of carbonyl (C=O) groups is 2. The van der Waals surface area contributed by atoms with E-state index in [0.717, 1.165) is 32.4 Å².